The summed E-state index contributed by atoms with van der Waals surface area (Å²) in [4.78, 5) is 2.52. The van der Waals surface area contributed by atoms with Crippen LogP contribution in [0.1, 0.15) is 26.2 Å². The predicted octanol–water partition coefficient (Wildman–Crippen LogP) is 3.63. The summed E-state index contributed by atoms with van der Waals surface area (Å²) in [5.41, 5.74) is 2.97. The Hall–Kier alpha value is 0.470. The van der Waals surface area contributed by atoms with Crippen LogP contribution in [0.4, 0.5) is 0 Å². The molecule has 0 aromatic rings. The van der Waals surface area contributed by atoms with Crippen LogP contribution in [0, 0.1) is 5.92 Å². The molecule has 0 spiro atoms. The van der Waals surface area contributed by atoms with E-state index in [1.54, 1.807) is 5.54 Å². The molecule has 1 aliphatic heterocycles. The molecule has 1 aliphatic rings. The number of piperidine rings is 1. The van der Waals surface area contributed by atoms with Gasteiger partial charge in [-0.25, -0.2) is 0 Å². The summed E-state index contributed by atoms with van der Waals surface area (Å²) >= 11 is 9.19. The lowest BCUT2D eigenvalue weighted by Gasteiger charge is -2.32. The maximum atomic E-state index is 5.67. The van der Waals surface area contributed by atoms with E-state index in [0.717, 1.165) is 17.8 Å². The van der Waals surface area contributed by atoms with Gasteiger partial charge in [-0.3, -0.25) is 4.90 Å². The second kappa shape index (κ2) is 6.86. The number of rotatable bonds is 4. The molecule has 0 amide bonds. The van der Waals surface area contributed by atoms with Crippen LogP contribution in [0.15, 0.2) is 11.1 Å². The topological polar surface area (TPSA) is 3.24 Å². The molecule has 0 aromatic heterocycles. The van der Waals surface area contributed by atoms with E-state index in [2.05, 4.69) is 27.8 Å². The quantitative estimate of drug-likeness (QED) is 0.711. The van der Waals surface area contributed by atoms with E-state index in [0.29, 0.717) is 0 Å². The van der Waals surface area contributed by atoms with Gasteiger partial charge in [0.2, 0.25) is 0 Å². The third-order valence-electron chi connectivity index (χ3n) is 2.78. The highest BCUT2D eigenvalue weighted by Gasteiger charge is 2.18. The van der Waals surface area contributed by atoms with Gasteiger partial charge in [-0.1, -0.05) is 27.5 Å². The Bertz CT molecular complexity index is 192. The van der Waals surface area contributed by atoms with Crippen molar-refractivity contribution in [1.29, 1.82) is 0 Å². The van der Waals surface area contributed by atoms with Crippen molar-refractivity contribution in [2.24, 2.45) is 5.92 Å². The van der Waals surface area contributed by atoms with Gasteiger partial charge in [0.1, 0.15) is 0 Å². The van der Waals surface area contributed by atoms with Gasteiger partial charge in [-0.15, -0.1) is 0 Å². The number of hydrogen-bond acceptors (Lipinski definition) is 1. The van der Waals surface area contributed by atoms with Crippen LogP contribution in [-0.4, -0.2) is 29.9 Å². The largest absolute Gasteiger partial charge is 0.299 e. The first-order chi connectivity index (χ1) is 6.76. The summed E-state index contributed by atoms with van der Waals surface area (Å²) in [5, 5.41) is 1.13. The summed E-state index contributed by atoms with van der Waals surface area (Å²) in [6.07, 6.45) is 4.04. The number of hydrogen-bond donors (Lipinski definition) is 0. The third kappa shape index (κ3) is 4.33. The molecule has 14 heavy (non-hydrogen) atoms. The van der Waals surface area contributed by atoms with E-state index in [-0.39, 0.29) is 0 Å². The molecule has 1 nitrogen and oxygen atoms in total. The average Bonchev–Trinajstić information content (AvgIpc) is 2.19. The summed E-state index contributed by atoms with van der Waals surface area (Å²) in [5.74, 6) is 0.881. The van der Waals surface area contributed by atoms with Gasteiger partial charge in [0.25, 0.3) is 0 Å². The van der Waals surface area contributed by atoms with Crippen molar-refractivity contribution in [3.63, 3.8) is 0 Å². The van der Waals surface area contributed by atoms with Crippen LogP contribution in [0.25, 0.3) is 0 Å². The first-order valence-corrected chi connectivity index (χ1v) is 6.86. The van der Waals surface area contributed by atoms with Crippen molar-refractivity contribution < 1.29 is 0 Å². The zero-order chi connectivity index (χ0) is 10.4. The minimum atomic E-state index is 0.881. The molecule has 0 bridgehead atoms. The Morgan fingerprint density at radius 1 is 1.64 bits per heavy atom. The molecule has 3 heteroatoms. The van der Waals surface area contributed by atoms with Crippen molar-refractivity contribution in [2.75, 3.05) is 25.0 Å². The molecule has 82 valence electrons. The normalized spacial score (nSPS) is 25.4. The van der Waals surface area contributed by atoms with Crippen LogP contribution in [0.3, 0.4) is 0 Å². The van der Waals surface area contributed by atoms with E-state index in [4.69, 9.17) is 11.6 Å². The van der Waals surface area contributed by atoms with Crippen molar-refractivity contribution in [3.8, 4) is 0 Å². The predicted molar refractivity (Wildman–Crippen MR) is 67.2 cm³/mol. The van der Waals surface area contributed by atoms with Gasteiger partial charge in [0.05, 0.1) is 0 Å². The molecule has 0 N–H and O–H groups in total. The van der Waals surface area contributed by atoms with Crippen LogP contribution in [0.2, 0.25) is 0 Å². The Balaban J connectivity index is 2.32. The van der Waals surface area contributed by atoms with Crippen molar-refractivity contribution in [1.82, 2.24) is 4.90 Å². The molecule has 1 saturated heterocycles. The van der Waals surface area contributed by atoms with Crippen LogP contribution in [0.5, 0.6) is 0 Å². The Labute approximate surface area is 101 Å². The minimum Gasteiger partial charge on any atom is -0.299 e. The molecule has 1 unspecified atom stereocenters. The number of nitrogens with zero attached hydrogens (tertiary/aromatic N) is 1. The summed E-state index contributed by atoms with van der Waals surface area (Å²) in [6, 6.07) is 0. The Morgan fingerprint density at radius 2 is 2.43 bits per heavy atom. The zero-order valence-corrected chi connectivity index (χ0v) is 11.1. The molecule has 1 rings (SSSR count). The van der Waals surface area contributed by atoms with Gasteiger partial charge in [-0.05, 0) is 44.2 Å². The highest BCUT2D eigenvalue weighted by molar-refractivity contribution is 9.09. The number of halogens is 2. The molecule has 0 aromatic carbocycles. The second-order valence-corrected chi connectivity index (χ2v) is 5.19. The maximum Gasteiger partial charge on any atom is 0.0201 e. The lowest BCUT2D eigenvalue weighted by molar-refractivity contribution is 0.185. The molecule has 0 aliphatic carbocycles. The Morgan fingerprint density at radius 3 is 3.07 bits per heavy atom. The summed E-state index contributed by atoms with van der Waals surface area (Å²) in [6.45, 7) is 5.62. The SMILES string of the molecule is CC(=CCl)CN1CCCC(CCBr)C1. The molecule has 0 saturated carbocycles. The second-order valence-electron chi connectivity index (χ2n) is 4.18. The van der Waals surface area contributed by atoms with Gasteiger partial charge >= 0.3 is 0 Å². The van der Waals surface area contributed by atoms with Gasteiger partial charge < -0.3 is 0 Å². The Kier molecular flexibility index (Phi) is 6.15. The fourth-order valence-corrected chi connectivity index (χ4v) is 2.79. The molecule has 1 heterocycles. The standard InChI is InChI=1S/C11H19BrClN/c1-10(7-13)8-14-6-2-3-11(9-14)4-5-12/h7,11H,2-6,8-9H2,1H3. The lowest BCUT2D eigenvalue weighted by Crippen LogP contribution is -2.36. The number of alkyl halides is 1. The molecule has 0 radical (unpaired) electrons. The molecule has 1 fully saturated rings. The van der Waals surface area contributed by atoms with Gasteiger partial charge in [-0.2, -0.15) is 0 Å². The van der Waals surface area contributed by atoms with Crippen LogP contribution < -0.4 is 0 Å². The monoisotopic (exact) mass is 279 g/mol. The van der Waals surface area contributed by atoms with Crippen LogP contribution in [-0.2, 0) is 0 Å². The zero-order valence-electron chi connectivity index (χ0n) is 8.81. The fraction of sp³-hybridized carbons (Fsp3) is 0.818. The minimum absolute atomic E-state index is 0.881. The summed E-state index contributed by atoms with van der Waals surface area (Å²) in [7, 11) is 0. The third-order valence-corrected chi connectivity index (χ3v) is 3.61. The van der Waals surface area contributed by atoms with E-state index in [1.807, 2.05) is 0 Å². The van der Waals surface area contributed by atoms with Crippen LogP contribution >= 0.6 is 27.5 Å². The van der Waals surface area contributed by atoms with E-state index in [1.165, 1.54) is 37.9 Å². The van der Waals surface area contributed by atoms with E-state index < -0.39 is 0 Å². The van der Waals surface area contributed by atoms with Crippen molar-refractivity contribution in [3.05, 3.63) is 11.1 Å². The first-order valence-electron chi connectivity index (χ1n) is 5.30. The van der Waals surface area contributed by atoms with E-state index in [9.17, 15) is 0 Å². The fourth-order valence-electron chi connectivity index (χ4n) is 2.07. The molecule has 1 atom stereocenters. The van der Waals surface area contributed by atoms with Gasteiger partial charge in [0.15, 0.2) is 0 Å². The highest BCUT2D eigenvalue weighted by atomic mass is 79.9. The lowest BCUT2D eigenvalue weighted by atomic mass is 9.95. The van der Waals surface area contributed by atoms with E-state index >= 15 is 0 Å². The summed E-state index contributed by atoms with van der Waals surface area (Å²) < 4.78 is 0. The van der Waals surface area contributed by atoms with Crippen molar-refractivity contribution >= 4 is 27.5 Å². The number of likely N-dealkylation sites (tertiary alicyclic amines) is 1. The average molecular weight is 281 g/mol. The molecular formula is C11H19BrClN. The highest BCUT2D eigenvalue weighted by Crippen LogP contribution is 2.20. The first kappa shape index (κ1) is 12.5. The van der Waals surface area contributed by atoms with Crippen molar-refractivity contribution in [2.45, 2.75) is 26.2 Å². The maximum absolute atomic E-state index is 5.67. The smallest absolute Gasteiger partial charge is 0.0201 e. The molecular weight excluding hydrogens is 261 g/mol. The van der Waals surface area contributed by atoms with Gasteiger partial charge in [0, 0.05) is 24.0 Å².